The van der Waals surface area contributed by atoms with Crippen molar-refractivity contribution in [3.05, 3.63) is 111 Å². The summed E-state index contributed by atoms with van der Waals surface area (Å²) in [6.07, 6.45) is 1.70. The van der Waals surface area contributed by atoms with Crippen LogP contribution in [0.3, 0.4) is 0 Å². The van der Waals surface area contributed by atoms with Gasteiger partial charge in [0.2, 0.25) is 0 Å². The molecule has 0 N–H and O–H groups in total. The van der Waals surface area contributed by atoms with Crippen LogP contribution in [0.1, 0.15) is 74.6 Å². The quantitative estimate of drug-likeness (QED) is 0.106. The maximum Gasteiger partial charge on any atom is 0.338 e. The monoisotopic (exact) mass is 840 g/mol. The average molecular weight is 841 g/mol. The van der Waals surface area contributed by atoms with Crippen molar-refractivity contribution in [2.45, 2.75) is 60.3 Å². The van der Waals surface area contributed by atoms with Crippen LogP contribution in [0.4, 0.5) is 0 Å². The lowest BCUT2D eigenvalue weighted by Crippen LogP contribution is -2.40. The maximum absolute atomic E-state index is 14.3. The van der Waals surface area contributed by atoms with Crippen LogP contribution >= 0.6 is 33.9 Å². The summed E-state index contributed by atoms with van der Waals surface area (Å²) in [4.78, 5) is 44.9. The predicted octanol–water partition coefficient (Wildman–Crippen LogP) is 6.35. The molecular formula is C39H41IN2O9S. The van der Waals surface area contributed by atoms with Crippen molar-refractivity contribution in [1.82, 2.24) is 4.57 Å². The van der Waals surface area contributed by atoms with Crippen molar-refractivity contribution in [1.29, 1.82) is 0 Å². The zero-order valence-electron chi connectivity index (χ0n) is 30.1. The van der Waals surface area contributed by atoms with Crippen LogP contribution in [0.25, 0.3) is 6.08 Å². The lowest BCUT2D eigenvalue weighted by molar-refractivity contribution is -0.139. The first kappa shape index (κ1) is 38.6. The summed E-state index contributed by atoms with van der Waals surface area (Å²) in [5.41, 5.74) is 3.11. The largest absolute Gasteiger partial charge is 0.493 e. The number of thiazole rings is 1. The van der Waals surface area contributed by atoms with Gasteiger partial charge in [0.05, 0.1) is 64.0 Å². The average Bonchev–Trinajstić information content (AvgIpc) is 3.41. The van der Waals surface area contributed by atoms with E-state index in [4.69, 9.17) is 33.4 Å². The molecule has 0 radical (unpaired) electrons. The minimum atomic E-state index is -0.819. The molecule has 3 aromatic carbocycles. The van der Waals surface area contributed by atoms with Crippen LogP contribution in [0.2, 0.25) is 0 Å². The number of hydrogen-bond acceptors (Lipinski definition) is 11. The number of rotatable bonds is 14. The summed E-state index contributed by atoms with van der Waals surface area (Å²) in [6, 6.07) is 15.4. The Labute approximate surface area is 319 Å². The third-order valence-corrected chi connectivity index (χ3v) is 9.65. The molecule has 0 unspecified atom stereocenters. The van der Waals surface area contributed by atoms with Crippen LogP contribution in [0.5, 0.6) is 23.0 Å². The van der Waals surface area contributed by atoms with Crippen LogP contribution in [0, 0.1) is 3.57 Å². The maximum atomic E-state index is 14.3. The zero-order chi connectivity index (χ0) is 37.5. The second kappa shape index (κ2) is 17.3. The molecule has 0 fully saturated rings. The Bertz CT molecular complexity index is 2170. The van der Waals surface area contributed by atoms with Gasteiger partial charge in [0, 0.05) is 0 Å². The van der Waals surface area contributed by atoms with Crippen molar-refractivity contribution in [2.75, 3.05) is 26.9 Å². The molecule has 1 aromatic heterocycles. The number of nitrogens with zero attached hydrogens (tertiary/aromatic N) is 2. The van der Waals surface area contributed by atoms with Crippen LogP contribution < -0.4 is 33.8 Å². The van der Waals surface area contributed by atoms with E-state index in [1.165, 1.54) is 15.9 Å². The Morgan fingerprint density at radius 1 is 0.923 bits per heavy atom. The lowest BCUT2D eigenvalue weighted by atomic mass is 9.95. The molecule has 13 heteroatoms. The van der Waals surface area contributed by atoms with Gasteiger partial charge in [-0.05, 0) is 123 Å². The number of aromatic nitrogens is 1. The number of hydrogen-bond donors (Lipinski definition) is 0. The molecule has 1 atom stereocenters. The van der Waals surface area contributed by atoms with E-state index in [9.17, 15) is 14.4 Å². The molecule has 5 rings (SSSR count). The van der Waals surface area contributed by atoms with Gasteiger partial charge in [-0.1, -0.05) is 29.5 Å². The summed E-state index contributed by atoms with van der Waals surface area (Å²) in [5, 5.41) is 0. The molecule has 274 valence electrons. The standard InChI is InChI=1S/C39H41IN2O9S/c1-8-47-31-18-25(17-28(40)35(31)50-21-24-11-13-26(14-12-24)37(44)48-9-2)19-32-36(43)42-34(27-15-16-29(51-22(4)5)30(20-27)46-7)33(38(45)49-10-3)23(6)41-39(42)52-32/h11-20,22,34H,8-10,21H2,1-7H3/b32-19+/t34-/m1/s1. The minimum absolute atomic E-state index is 0.0851. The van der Waals surface area contributed by atoms with E-state index < -0.39 is 12.0 Å². The van der Waals surface area contributed by atoms with E-state index in [0.717, 1.165) is 14.7 Å². The Kier molecular flexibility index (Phi) is 12.8. The van der Waals surface area contributed by atoms with Gasteiger partial charge in [0.25, 0.3) is 5.56 Å². The van der Waals surface area contributed by atoms with Crippen LogP contribution in [-0.2, 0) is 20.9 Å². The summed E-state index contributed by atoms with van der Waals surface area (Å²) in [6.45, 7) is 12.1. The molecule has 0 bridgehead atoms. The van der Waals surface area contributed by atoms with Gasteiger partial charge in [-0.25, -0.2) is 14.6 Å². The number of halogens is 1. The third kappa shape index (κ3) is 8.52. The molecule has 11 nitrogen and oxygen atoms in total. The van der Waals surface area contributed by atoms with E-state index in [0.29, 0.717) is 62.4 Å². The molecule has 0 spiro atoms. The second-order valence-electron chi connectivity index (χ2n) is 11.8. The highest BCUT2D eigenvalue weighted by Gasteiger charge is 2.34. The van der Waals surface area contributed by atoms with Crippen molar-refractivity contribution in [2.24, 2.45) is 4.99 Å². The Morgan fingerprint density at radius 2 is 1.63 bits per heavy atom. The fourth-order valence-electron chi connectivity index (χ4n) is 5.65. The highest BCUT2D eigenvalue weighted by Crippen LogP contribution is 2.37. The number of benzene rings is 3. The SMILES string of the molecule is CCOC(=O)C1=C(C)N=c2s/c(=C/c3cc(I)c(OCc4ccc(C(=O)OCC)cc4)c(OCC)c3)c(=O)n2[C@@H]1c1ccc(OC(C)C)c(OC)c1. The number of fused-ring (bicyclic) bond motifs is 1. The van der Waals surface area contributed by atoms with E-state index >= 15 is 0 Å². The van der Waals surface area contributed by atoms with Crippen molar-refractivity contribution in [3.8, 4) is 23.0 Å². The summed E-state index contributed by atoms with van der Waals surface area (Å²) in [5.74, 6) is 1.18. The molecular weight excluding hydrogens is 799 g/mol. The van der Waals surface area contributed by atoms with E-state index in [2.05, 4.69) is 22.6 Å². The zero-order valence-corrected chi connectivity index (χ0v) is 33.1. The van der Waals surface area contributed by atoms with Gasteiger partial charge in [-0.2, -0.15) is 0 Å². The van der Waals surface area contributed by atoms with Crippen molar-refractivity contribution < 1.29 is 38.0 Å². The van der Waals surface area contributed by atoms with Crippen LogP contribution in [-0.4, -0.2) is 49.5 Å². The summed E-state index contributed by atoms with van der Waals surface area (Å²) >= 11 is 3.42. The molecule has 0 amide bonds. The fourth-order valence-corrected chi connectivity index (χ4v) is 7.47. The molecule has 52 heavy (non-hydrogen) atoms. The molecule has 1 aliphatic rings. The molecule has 0 saturated heterocycles. The van der Waals surface area contributed by atoms with E-state index in [-0.39, 0.29) is 36.4 Å². The van der Waals surface area contributed by atoms with Gasteiger partial charge < -0.3 is 28.4 Å². The third-order valence-electron chi connectivity index (χ3n) is 7.86. The van der Waals surface area contributed by atoms with E-state index in [1.807, 2.05) is 51.1 Å². The first-order valence-electron chi connectivity index (χ1n) is 16.9. The topological polar surface area (TPSA) is 124 Å². The Balaban J connectivity index is 1.54. The van der Waals surface area contributed by atoms with Gasteiger partial charge in [0.15, 0.2) is 27.8 Å². The molecule has 4 aromatic rings. The van der Waals surface area contributed by atoms with Gasteiger partial charge >= 0.3 is 11.9 Å². The summed E-state index contributed by atoms with van der Waals surface area (Å²) < 4.78 is 37.0. The second-order valence-corrected chi connectivity index (χ2v) is 14.0. The first-order chi connectivity index (χ1) is 25.0. The highest BCUT2D eigenvalue weighted by atomic mass is 127. The van der Waals surface area contributed by atoms with Gasteiger partial charge in [-0.15, -0.1) is 0 Å². The molecule has 0 aliphatic carbocycles. The van der Waals surface area contributed by atoms with Gasteiger partial charge in [-0.3, -0.25) is 9.36 Å². The number of esters is 2. The van der Waals surface area contributed by atoms with Crippen molar-refractivity contribution in [3.63, 3.8) is 0 Å². The molecule has 1 aliphatic heterocycles. The fraction of sp³-hybridized carbons (Fsp3) is 0.333. The number of carbonyl (C=O) groups is 2. The lowest BCUT2D eigenvalue weighted by Gasteiger charge is -2.25. The normalized spacial score (nSPS) is 14.1. The molecule has 0 saturated carbocycles. The Hall–Kier alpha value is -4.63. The highest BCUT2D eigenvalue weighted by molar-refractivity contribution is 14.1. The van der Waals surface area contributed by atoms with E-state index in [1.54, 1.807) is 58.2 Å². The predicted molar refractivity (Wildman–Crippen MR) is 206 cm³/mol. The van der Waals surface area contributed by atoms with Crippen molar-refractivity contribution >= 4 is 51.9 Å². The number of carbonyl (C=O) groups excluding carboxylic acids is 2. The Morgan fingerprint density at radius 3 is 2.29 bits per heavy atom. The summed E-state index contributed by atoms with van der Waals surface area (Å²) in [7, 11) is 1.55. The molecule has 2 heterocycles. The first-order valence-corrected chi connectivity index (χ1v) is 18.8. The smallest absolute Gasteiger partial charge is 0.338 e. The van der Waals surface area contributed by atoms with Gasteiger partial charge in [0.1, 0.15) is 6.61 Å². The number of ether oxygens (including phenoxy) is 6. The number of methoxy groups -OCH3 is 1. The number of allylic oxidation sites excluding steroid dienone is 1. The van der Waals surface area contributed by atoms with Crippen LogP contribution in [0.15, 0.2) is 75.7 Å². The minimum Gasteiger partial charge on any atom is -0.493 e.